The first-order valence-electron chi connectivity index (χ1n) is 7.09. The van der Waals surface area contributed by atoms with Gasteiger partial charge >= 0.3 is 12.1 Å². The van der Waals surface area contributed by atoms with Crippen molar-refractivity contribution in [1.29, 1.82) is 0 Å². The number of nitrogens with one attached hydrogen (secondary N) is 1. The average Bonchev–Trinajstić information content (AvgIpc) is 3.28. The maximum absolute atomic E-state index is 12.5. The Balaban J connectivity index is 1.74. The van der Waals surface area contributed by atoms with Gasteiger partial charge < -0.3 is 14.6 Å². The molecule has 3 rings (SSSR count). The van der Waals surface area contributed by atoms with Crippen LogP contribution in [0.15, 0.2) is 22.9 Å². The van der Waals surface area contributed by atoms with Crippen molar-refractivity contribution in [1.82, 2.24) is 20.4 Å². The van der Waals surface area contributed by atoms with Crippen LogP contribution in [0.4, 0.5) is 13.2 Å². The van der Waals surface area contributed by atoms with E-state index in [9.17, 15) is 18.0 Å². The zero-order valence-corrected chi connectivity index (χ0v) is 12.5. The van der Waals surface area contributed by atoms with E-state index in [1.54, 1.807) is 0 Å². The Hall–Kier alpha value is -2.49. The second kappa shape index (κ2) is 6.19. The summed E-state index contributed by atoms with van der Waals surface area (Å²) >= 11 is 0. The van der Waals surface area contributed by atoms with Crippen molar-refractivity contribution >= 4 is 5.91 Å². The molecule has 0 spiro atoms. The molecular weight excluding hydrogens is 329 g/mol. The van der Waals surface area contributed by atoms with Gasteiger partial charge in [-0.25, -0.2) is 0 Å². The maximum Gasteiger partial charge on any atom is 0.471 e. The lowest BCUT2D eigenvalue weighted by Gasteiger charge is -2.16. The Morgan fingerprint density at radius 1 is 1.42 bits per heavy atom. The fourth-order valence-corrected chi connectivity index (χ4v) is 1.99. The number of aromatic nitrogens is 3. The summed E-state index contributed by atoms with van der Waals surface area (Å²) < 4.78 is 46.7. The summed E-state index contributed by atoms with van der Waals surface area (Å²) in [6, 6.07) is 2.99. The first-order valence-corrected chi connectivity index (χ1v) is 7.09. The van der Waals surface area contributed by atoms with Crippen LogP contribution in [0, 0.1) is 5.92 Å². The molecule has 0 bridgehead atoms. The highest BCUT2D eigenvalue weighted by molar-refractivity contribution is 5.81. The van der Waals surface area contributed by atoms with Crippen LogP contribution < -0.4 is 5.32 Å². The lowest BCUT2D eigenvalue weighted by atomic mass is 10.2. The standard InChI is InChI=1S/C14H13F3N4O3/c1-23-12(20-11(22)7-2-3-7)9-5-4-8(6-18-9)10-19-13(24-21-10)14(15,16)17/h4-7,12H,2-3H2,1H3,(H,20,22). The first-order chi connectivity index (χ1) is 11.4. The van der Waals surface area contributed by atoms with E-state index < -0.39 is 18.3 Å². The van der Waals surface area contributed by atoms with Crippen LogP contribution in [0.3, 0.4) is 0 Å². The molecule has 128 valence electrons. The second-order valence-corrected chi connectivity index (χ2v) is 5.29. The smallest absolute Gasteiger partial charge is 0.356 e. The van der Waals surface area contributed by atoms with Gasteiger partial charge in [-0.2, -0.15) is 18.2 Å². The molecule has 0 saturated heterocycles. The van der Waals surface area contributed by atoms with E-state index in [2.05, 4.69) is 25.0 Å². The highest BCUT2D eigenvalue weighted by atomic mass is 19.4. The van der Waals surface area contributed by atoms with Gasteiger partial charge in [0.05, 0.1) is 5.69 Å². The lowest BCUT2D eigenvalue weighted by molar-refractivity contribution is -0.159. The van der Waals surface area contributed by atoms with E-state index in [4.69, 9.17) is 4.74 Å². The van der Waals surface area contributed by atoms with Gasteiger partial charge in [0.2, 0.25) is 11.7 Å². The van der Waals surface area contributed by atoms with Gasteiger partial charge in [0, 0.05) is 24.8 Å². The van der Waals surface area contributed by atoms with Crippen LogP contribution >= 0.6 is 0 Å². The Kier molecular flexibility index (Phi) is 4.22. The van der Waals surface area contributed by atoms with E-state index in [-0.39, 0.29) is 23.2 Å². The number of nitrogens with zero attached hydrogens (tertiary/aromatic N) is 3. The zero-order valence-electron chi connectivity index (χ0n) is 12.5. The van der Waals surface area contributed by atoms with Crippen molar-refractivity contribution in [2.24, 2.45) is 5.92 Å². The summed E-state index contributed by atoms with van der Waals surface area (Å²) in [5.41, 5.74) is 0.663. The number of halogens is 3. The summed E-state index contributed by atoms with van der Waals surface area (Å²) in [5.74, 6) is -1.74. The van der Waals surface area contributed by atoms with E-state index in [0.717, 1.165) is 12.8 Å². The number of hydrogen-bond acceptors (Lipinski definition) is 6. The number of carbonyl (C=O) groups is 1. The number of rotatable bonds is 5. The van der Waals surface area contributed by atoms with Crippen LogP contribution in [0.1, 0.15) is 30.7 Å². The molecule has 10 heteroatoms. The van der Waals surface area contributed by atoms with E-state index >= 15 is 0 Å². The minimum atomic E-state index is -4.70. The Bertz CT molecular complexity index is 726. The molecule has 1 aliphatic carbocycles. The molecule has 24 heavy (non-hydrogen) atoms. The minimum absolute atomic E-state index is 0.0158. The van der Waals surface area contributed by atoms with Crippen LogP contribution in [-0.4, -0.2) is 28.1 Å². The number of alkyl halides is 3. The van der Waals surface area contributed by atoms with Gasteiger partial charge in [0.1, 0.15) is 0 Å². The molecule has 1 atom stereocenters. The third-order valence-corrected chi connectivity index (χ3v) is 3.44. The Labute approximate surface area is 134 Å². The molecule has 0 aliphatic heterocycles. The van der Waals surface area contributed by atoms with E-state index in [1.807, 2.05) is 0 Å². The number of hydrogen-bond donors (Lipinski definition) is 1. The van der Waals surface area contributed by atoms with Crippen molar-refractivity contribution in [3.05, 3.63) is 29.9 Å². The summed E-state index contributed by atoms with van der Waals surface area (Å²) in [4.78, 5) is 19.1. The summed E-state index contributed by atoms with van der Waals surface area (Å²) in [5, 5.41) is 5.99. The van der Waals surface area contributed by atoms with Gasteiger partial charge in [-0.15, -0.1) is 0 Å². The third-order valence-electron chi connectivity index (χ3n) is 3.44. The van der Waals surface area contributed by atoms with Gasteiger partial charge in [0.25, 0.3) is 0 Å². The number of ether oxygens (including phenoxy) is 1. The average molecular weight is 342 g/mol. The zero-order chi connectivity index (χ0) is 17.3. The summed E-state index contributed by atoms with van der Waals surface area (Å²) in [6.45, 7) is 0. The van der Waals surface area contributed by atoms with Crippen LogP contribution in [0.25, 0.3) is 11.4 Å². The summed E-state index contributed by atoms with van der Waals surface area (Å²) in [6.07, 6.45) is -2.44. The third kappa shape index (κ3) is 3.53. The molecule has 1 amide bonds. The monoisotopic (exact) mass is 342 g/mol. The number of amides is 1. The molecule has 7 nitrogen and oxygen atoms in total. The molecule has 0 aromatic carbocycles. The SMILES string of the molecule is COC(NC(=O)C1CC1)c1ccc(-c2noc(C(F)(F)F)n2)cn1. The molecule has 0 radical (unpaired) electrons. The van der Waals surface area contributed by atoms with Crippen molar-refractivity contribution in [3.8, 4) is 11.4 Å². The first kappa shape index (κ1) is 16.4. The highest BCUT2D eigenvalue weighted by Gasteiger charge is 2.38. The minimum Gasteiger partial charge on any atom is -0.356 e. The molecular formula is C14H13F3N4O3. The van der Waals surface area contributed by atoms with Crippen molar-refractivity contribution in [2.75, 3.05) is 7.11 Å². The quantitative estimate of drug-likeness (QED) is 0.839. The van der Waals surface area contributed by atoms with Crippen molar-refractivity contribution < 1.29 is 27.2 Å². The number of carbonyl (C=O) groups excluding carboxylic acids is 1. The second-order valence-electron chi connectivity index (χ2n) is 5.29. The van der Waals surface area contributed by atoms with Gasteiger partial charge in [-0.1, -0.05) is 5.16 Å². The molecule has 1 aliphatic rings. The Morgan fingerprint density at radius 3 is 2.67 bits per heavy atom. The topological polar surface area (TPSA) is 90.1 Å². The molecule has 1 fully saturated rings. The maximum atomic E-state index is 12.5. The molecule has 1 unspecified atom stereocenters. The molecule has 2 heterocycles. The molecule has 1 saturated carbocycles. The predicted molar refractivity (Wildman–Crippen MR) is 73.1 cm³/mol. The molecule has 1 N–H and O–H groups in total. The fourth-order valence-electron chi connectivity index (χ4n) is 1.99. The van der Waals surface area contributed by atoms with Gasteiger partial charge in [0.15, 0.2) is 6.23 Å². The number of pyridine rings is 1. The molecule has 2 aromatic heterocycles. The normalized spacial score (nSPS) is 16.0. The van der Waals surface area contributed by atoms with Crippen LogP contribution in [0.5, 0.6) is 0 Å². The lowest BCUT2D eigenvalue weighted by Crippen LogP contribution is -2.31. The van der Waals surface area contributed by atoms with Crippen LogP contribution in [-0.2, 0) is 15.7 Å². The van der Waals surface area contributed by atoms with Gasteiger partial charge in [-0.3, -0.25) is 9.78 Å². The largest absolute Gasteiger partial charge is 0.471 e. The highest BCUT2D eigenvalue weighted by Crippen LogP contribution is 2.30. The van der Waals surface area contributed by atoms with Crippen molar-refractivity contribution in [2.45, 2.75) is 25.2 Å². The fraction of sp³-hybridized carbons (Fsp3) is 0.429. The van der Waals surface area contributed by atoms with Gasteiger partial charge in [-0.05, 0) is 25.0 Å². The number of methoxy groups -OCH3 is 1. The molecule has 2 aromatic rings. The van der Waals surface area contributed by atoms with E-state index in [0.29, 0.717) is 5.69 Å². The summed E-state index contributed by atoms with van der Waals surface area (Å²) in [7, 11) is 1.42. The van der Waals surface area contributed by atoms with Crippen LogP contribution in [0.2, 0.25) is 0 Å². The Morgan fingerprint density at radius 2 is 2.17 bits per heavy atom. The van der Waals surface area contributed by atoms with Crippen molar-refractivity contribution in [3.63, 3.8) is 0 Å². The predicted octanol–water partition coefficient (Wildman–Crippen LogP) is 2.32. The van der Waals surface area contributed by atoms with E-state index in [1.165, 1.54) is 25.4 Å².